The summed E-state index contributed by atoms with van der Waals surface area (Å²) in [7, 11) is 0. The Bertz CT molecular complexity index is 1840. The van der Waals surface area contributed by atoms with Crippen molar-refractivity contribution < 1.29 is 0 Å². The molecule has 0 radical (unpaired) electrons. The lowest BCUT2D eigenvalue weighted by molar-refractivity contribution is 0.784. The fourth-order valence-electron chi connectivity index (χ4n) is 8.13. The van der Waals surface area contributed by atoms with Gasteiger partial charge in [-0.2, -0.15) is 0 Å². The molecule has 3 aromatic rings. The van der Waals surface area contributed by atoms with E-state index in [0.717, 1.165) is 82.7 Å². The highest BCUT2D eigenvalue weighted by molar-refractivity contribution is 6.33. The van der Waals surface area contributed by atoms with E-state index < -0.39 is 0 Å². The predicted octanol–water partition coefficient (Wildman–Crippen LogP) is 5.96. The summed E-state index contributed by atoms with van der Waals surface area (Å²) in [5.41, 5.74) is 15.0. The molecule has 0 amide bonds. The van der Waals surface area contributed by atoms with E-state index >= 15 is 0 Å². The molecule has 3 aromatic carbocycles. The first kappa shape index (κ1) is 18.4. The van der Waals surface area contributed by atoms with Gasteiger partial charge in [0, 0.05) is 34.1 Å². The fourth-order valence-corrected chi connectivity index (χ4v) is 8.13. The standard InChI is InChI=1S/C31H26O2/c1-12-13(2)22-27-23-16(12)7-5-8-17(23)14(3)20-11-21-26(25(20)27)28-24-18(15(4)30(32)29(22)28)9-6-10-19(24)31(21)33/h5-11H2,1-4H3. The van der Waals surface area contributed by atoms with Gasteiger partial charge in [0.2, 0.25) is 0 Å². The molecule has 2 heteroatoms. The van der Waals surface area contributed by atoms with E-state index in [-0.39, 0.29) is 10.9 Å². The number of fused-ring (bicyclic) bond motifs is 1. The van der Waals surface area contributed by atoms with E-state index in [1.165, 1.54) is 61.3 Å². The predicted molar refractivity (Wildman–Crippen MR) is 136 cm³/mol. The number of benzene rings is 5. The molecule has 0 unspecified atom stereocenters. The van der Waals surface area contributed by atoms with Crippen molar-refractivity contribution in [1.29, 1.82) is 0 Å². The summed E-state index contributed by atoms with van der Waals surface area (Å²) >= 11 is 0. The molecule has 5 aliphatic carbocycles. The summed E-state index contributed by atoms with van der Waals surface area (Å²) in [6, 6.07) is 0. The molecule has 0 saturated heterocycles. The third-order valence-corrected chi connectivity index (χ3v) is 9.74. The Morgan fingerprint density at radius 2 is 1.09 bits per heavy atom. The summed E-state index contributed by atoms with van der Waals surface area (Å²) in [6.45, 7) is 8.77. The molecule has 0 bridgehead atoms. The highest BCUT2D eigenvalue weighted by Gasteiger charge is 2.37. The normalized spacial score (nSPS) is 16.5. The lowest BCUT2D eigenvalue weighted by atomic mass is 9.72. The van der Waals surface area contributed by atoms with E-state index in [4.69, 9.17) is 0 Å². The lowest BCUT2D eigenvalue weighted by Gasteiger charge is -2.30. The van der Waals surface area contributed by atoms with Gasteiger partial charge in [-0.25, -0.2) is 0 Å². The molecular weight excluding hydrogens is 404 g/mol. The maximum absolute atomic E-state index is 14.1. The first-order valence-electron chi connectivity index (χ1n) is 12.5. The van der Waals surface area contributed by atoms with Gasteiger partial charge in [-0.3, -0.25) is 9.59 Å². The lowest BCUT2D eigenvalue weighted by Crippen LogP contribution is -2.24. The zero-order chi connectivity index (χ0) is 22.5. The fraction of sp³-hybridized carbons (Fsp3) is 0.355. The van der Waals surface area contributed by atoms with Crippen molar-refractivity contribution in [2.45, 2.75) is 72.6 Å². The Labute approximate surface area is 192 Å². The molecule has 0 aromatic heterocycles. The Morgan fingerprint density at radius 1 is 0.424 bits per heavy atom. The molecule has 33 heavy (non-hydrogen) atoms. The number of hydrogen-bond acceptors (Lipinski definition) is 2. The van der Waals surface area contributed by atoms with E-state index in [1.54, 1.807) is 0 Å². The summed E-state index contributed by atoms with van der Waals surface area (Å²) in [5.74, 6) is 0. The van der Waals surface area contributed by atoms with Crippen LogP contribution in [0.4, 0.5) is 0 Å². The monoisotopic (exact) mass is 430 g/mol. The third kappa shape index (κ3) is 1.78. The van der Waals surface area contributed by atoms with E-state index in [9.17, 15) is 9.59 Å². The summed E-state index contributed by atoms with van der Waals surface area (Å²) < 4.78 is 0. The topological polar surface area (TPSA) is 34.1 Å². The van der Waals surface area contributed by atoms with Crippen molar-refractivity contribution in [3.05, 3.63) is 76.1 Å². The van der Waals surface area contributed by atoms with Crippen LogP contribution in [0.2, 0.25) is 0 Å². The third-order valence-electron chi connectivity index (χ3n) is 9.74. The van der Waals surface area contributed by atoms with Crippen molar-refractivity contribution in [2.24, 2.45) is 0 Å². The minimum absolute atomic E-state index is 0.195. The minimum atomic E-state index is 0.195. The van der Waals surface area contributed by atoms with Gasteiger partial charge in [0.25, 0.3) is 0 Å². The Hall–Kier alpha value is -3.00. The zero-order valence-corrected chi connectivity index (χ0v) is 19.8. The maximum atomic E-state index is 14.1. The van der Waals surface area contributed by atoms with Crippen molar-refractivity contribution in [3.63, 3.8) is 0 Å². The van der Waals surface area contributed by atoms with Crippen LogP contribution in [0, 0.1) is 27.7 Å². The average molecular weight is 431 g/mol. The molecular formula is C31H26O2. The molecule has 5 aliphatic rings. The quantitative estimate of drug-likeness (QED) is 0.220. The van der Waals surface area contributed by atoms with Crippen LogP contribution >= 0.6 is 0 Å². The molecule has 0 heterocycles. The summed E-state index contributed by atoms with van der Waals surface area (Å²) in [6.07, 6.45) is 6.84. The van der Waals surface area contributed by atoms with Gasteiger partial charge in [0.05, 0.1) is 0 Å². The van der Waals surface area contributed by atoms with Crippen LogP contribution in [0.25, 0.3) is 43.4 Å². The van der Waals surface area contributed by atoms with Crippen molar-refractivity contribution >= 4 is 32.3 Å². The van der Waals surface area contributed by atoms with Crippen LogP contribution in [0.15, 0.2) is 9.59 Å². The second-order valence-electron chi connectivity index (χ2n) is 10.9. The second kappa shape index (κ2) is 5.55. The van der Waals surface area contributed by atoms with Gasteiger partial charge >= 0.3 is 0 Å². The van der Waals surface area contributed by atoms with Crippen LogP contribution in [0.5, 0.6) is 0 Å². The van der Waals surface area contributed by atoms with Gasteiger partial charge in [-0.05, 0) is 138 Å². The van der Waals surface area contributed by atoms with Crippen molar-refractivity contribution in [1.82, 2.24) is 0 Å². The highest BCUT2D eigenvalue weighted by Crippen LogP contribution is 2.54. The SMILES string of the molecule is Cc1c2c3c(c(C)c(C)c4c5c6c7c(c(=O)c8c-6c(c(C)c5=O)CCC8)Cc1c7c34)CCC2. The van der Waals surface area contributed by atoms with Crippen LogP contribution in [0.3, 0.4) is 0 Å². The Balaban J connectivity index is 1.85. The number of rotatable bonds is 0. The summed E-state index contributed by atoms with van der Waals surface area (Å²) in [4.78, 5) is 28.0. The molecule has 0 N–H and O–H groups in total. The smallest absolute Gasteiger partial charge is 0.190 e. The Morgan fingerprint density at radius 3 is 1.85 bits per heavy atom. The van der Waals surface area contributed by atoms with Gasteiger partial charge in [-0.1, -0.05) is 0 Å². The molecule has 2 nitrogen and oxygen atoms in total. The highest BCUT2D eigenvalue weighted by atomic mass is 16.1. The van der Waals surface area contributed by atoms with E-state index in [1.807, 2.05) is 6.92 Å². The molecule has 0 atom stereocenters. The molecule has 0 saturated carbocycles. The maximum Gasteiger partial charge on any atom is 0.190 e. The van der Waals surface area contributed by atoms with Crippen molar-refractivity contribution in [3.8, 4) is 11.1 Å². The number of aryl methyl sites for hydroxylation is 3. The number of hydrogen-bond donors (Lipinski definition) is 0. The van der Waals surface area contributed by atoms with E-state index in [0.29, 0.717) is 0 Å². The van der Waals surface area contributed by atoms with Crippen molar-refractivity contribution in [2.75, 3.05) is 0 Å². The van der Waals surface area contributed by atoms with Gasteiger partial charge < -0.3 is 0 Å². The molecule has 8 rings (SSSR count). The van der Waals surface area contributed by atoms with Gasteiger partial charge in [-0.15, -0.1) is 0 Å². The second-order valence-corrected chi connectivity index (χ2v) is 10.9. The molecule has 0 aliphatic heterocycles. The van der Waals surface area contributed by atoms with Gasteiger partial charge in [0.1, 0.15) is 0 Å². The van der Waals surface area contributed by atoms with Crippen LogP contribution < -0.4 is 10.9 Å². The first-order valence-corrected chi connectivity index (χ1v) is 12.5. The zero-order valence-electron chi connectivity index (χ0n) is 19.8. The largest absolute Gasteiger partial charge is 0.289 e. The van der Waals surface area contributed by atoms with Crippen LogP contribution in [-0.4, -0.2) is 0 Å². The van der Waals surface area contributed by atoms with Crippen LogP contribution in [-0.2, 0) is 32.1 Å². The first-order chi connectivity index (χ1) is 15.9. The van der Waals surface area contributed by atoms with Gasteiger partial charge in [0.15, 0.2) is 10.9 Å². The van der Waals surface area contributed by atoms with Crippen LogP contribution in [0.1, 0.15) is 68.5 Å². The Kier molecular flexibility index (Phi) is 3.10. The molecule has 162 valence electrons. The molecule has 0 fully saturated rings. The van der Waals surface area contributed by atoms with E-state index in [2.05, 4.69) is 20.8 Å². The summed E-state index contributed by atoms with van der Waals surface area (Å²) in [5, 5.41) is 7.22. The minimum Gasteiger partial charge on any atom is -0.289 e. The molecule has 0 spiro atoms. The average Bonchev–Trinajstić information content (AvgIpc) is 3.23.